The molecule has 3 aromatic heterocycles. The van der Waals surface area contributed by atoms with E-state index in [4.69, 9.17) is 21.7 Å². The first-order valence-corrected chi connectivity index (χ1v) is 15.9. The van der Waals surface area contributed by atoms with E-state index in [0.717, 1.165) is 35.0 Å². The van der Waals surface area contributed by atoms with Crippen LogP contribution in [0.2, 0.25) is 5.02 Å². The van der Waals surface area contributed by atoms with Gasteiger partial charge in [-0.15, -0.1) is 17.9 Å². The summed E-state index contributed by atoms with van der Waals surface area (Å²) in [4.78, 5) is 46.6. The number of amides is 1. The van der Waals surface area contributed by atoms with Crippen molar-refractivity contribution in [2.45, 2.75) is 51.2 Å². The lowest BCUT2D eigenvalue weighted by molar-refractivity contribution is -0.137. The second-order valence-electron chi connectivity index (χ2n) is 10.2. The molecule has 2 fully saturated rings. The fraction of sp³-hybridized carbons (Fsp3) is 0.464. The van der Waals surface area contributed by atoms with E-state index in [1.165, 1.54) is 30.4 Å². The highest BCUT2D eigenvalue weighted by Crippen LogP contribution is 2.38. The highest BCUT2D eigenvalue weighted by atomic mass is 35.5. The maximum Gasteiger partial charge on any atom is 0.304 e. The molecule has 2 N–H and O–H groups in total. The van der Waals surface area contributed by atoms with Gasteiger partial charge in [0.25, 0.3) is 5.91 Å². The molecule has 2 saturated heterocycles. The van der Waals surface area contributed by atoms with E-state index < -0.39 is 5.97 Å². The third-order valence-corrected chi connectivity index (χ3v) is 9.89. The number of thiazole rings is 1. The largest absolute Gasteiger partial charge is 0.481 e. The minimum atomic E-state index is -0.812. The maximum absolute atomic E-state index is 13.1. The van der Waals surface area contributed by atoms with E-state index in [-0.39, 0.29) is 24.1 Å². The summed E-state index contributed by atoms with van der Waals surface area (Å²) >= 11 is 9.27. The van der Waals surface area contributed by atoms with E-state index in [1.807, 2.05) is 17.5 Å². The normalized spacial score (nSPS) is 19.9. The number of hydrogen-bond acceptors (Lipinski definition) is 10. The number of carbonyl (C=O) groups excluding carboxylic acids is 1. The molecule has 0 aliphatic carbocycles. The molecule has 13 heteroatoms. The lowest BCUT2D eigenvalue weighted by Gasteiger charge is -2.40. The molecule has 5 heterocycles. The third kappa shape index (κ3) is 7.12. The Morgan fingerprint density at radius 2 is 2.10 bits per heavy atom. The van der Waals surface area contributed by atoms with Gasteiger partial charge in [0.15, 0.2) is 5.13 Å². The number of anilines is 2. The average molecular weight is 616 g/mol. The predicted molar refractivity (Wildman–Crippen MR) is 164 cm³/mol. The van der Waals surface area contributed by atoms with Crippen molar-refractivity contribution in [3.63, 3.8) is 0 Å². The SMILES string of the molecule is C=CC1CN(c2cnc(C(=O)Nc3nc(-c4cc(Cl)cs4)c(CN4CCC[C@H]4CC)s3)cn2)CCN1CCC(=O)O. The van der Waals surface area contributed by atoms with Gasteiger partial charge >= 0.3 is 5.97 Å². The quantitative estimate of drug-likeness (QED) is 0.285. The first kappa shape index (κ1) is 29.6. The molecule has 0 radical (unpaired) electrons. The van der Waals surface area contributed by atoms with Crippen LogP contribution in [0, 0.1) is 0 Å². The summed E-state index contributed by atoms with van der Waals surface area (Å²) < 4.78 is 0. The van der Waals surface area contributed by atoms with Crippen molar-refractivity contribution in [2.75, 3.05) is 42.9 Å². The molecule has 41 heavy (non-hydrogen) atoms. The Bertz CT molecular complexity index is 1380. The van der Waals surface area contributed by atoms with Gasteiger partial charge in [-0.1, -0.05) is 35.9 Å². The number of hydrogen-bond donors (Lipinski definition) is 2. The number of likely N-dealkylation sites (tertiary alicyclic amines) is 1. The lowest BCUT2D eigenvalue weighted by Crippen LogP contribution is -2.53. The van der Waals surface area contributed by atoms with Gasteiger partial charge in [-0.2, -0.15) is 0 Å². The first-order chi connectivity index (χ1) is 19.8. The second kappa shape index (κ2) is 13.4. The van der Waals surface area contributed by atoms with E-state index in [9.17, 15) is 9.59 Å². The Labute approximate surface area is 252 Å². The Morgan fingerprint density at radius 3 is 2.78 bits per heavy atom. The number of rotatable bonds is 11. The fourth-order valence-corrected chi connectivity index (χ4v) is 7.60. The summed E-state index contributed by atoms with van der Waals surface area (Å²) in [6.07, 6.45) is 8.53. The standard InChI is InChI=1S/C28H34ClN7O3S2/c1-3-19-6-5-8-35(19)16-23-26(22-12-18(29)17-40-22)32-28(41-23)33-27(39)21-13-31-24(14-30-21)36-11-10-34(9-7-25(37)38)20(4-2)15-36/h4,12-14,17,19-20H,2-3,5-11,15-16H2,1H3,(H,37,38)(H,32,33,39)/t19-,20?/m1/s1. The summed E-state index contributed by atoms with van der Waals surface area (Å²) in [5, 5.41) is 15.0. The Hall–Kier alpha value is -2.90. The maximum atomic E-state index is 13.1. The van der Waals surface area contributed by atoms with Crippen molar-refractivity contribution < 1.29 is 14.7 Å². The summed E-state index contributed by atoms with van der Waals surface area (Å²) in [6, 6.07) is 2.50. The molecule has 1 unspecified atom stereocenters. The van der Waals surface area contributed by atoms with Crippen molar-refractivity contribution in [3.8, 4) is 10.6 Å². The van der Waals surface area contributed by atoms with Crippen LogP contribution in [0.5, 0.6) is 0 Å². The van der Waals surface area contributed by atoms with Crippen LogP contribution in [0.4, 0.5) is 10.9 Å². The number of carboxylic acids is 1. The Kier molecular flexibility index (Phi) is 9.66. The molecule has 0 spiro atoms. The number of nitrogens with zero attached hydrogens (tertiary/aromatic N) is 6. The van der Waals surface area contributed by atoms with E-state index >= 15 is 0 Å². The van der Waals surface area contributed by atoms with Crippen molar-refractivity contribution in [1.82, 2.24) is 24.8 Å². The van der Waals surface area contributed by atoms with Crippen LogP contribution in [-0.2, 0) is 11.3 Å². The third-order valence-electron chi connectivity index (χ3n) is 7.65. The van der Waals surface area contributed by atoms with Gasteiger partial charge in [0, 0.05) is 55.1 Å². The molecular formula is C28H34ClN7O3S2. The molecule has 2 aliphatic heterocycles. The summed E-state index contributed by atoms with van der Waals surface area (Å²) in [6.45, 7) is 10.5. The van der Waals surface area contributed by atoms with Crippen LogP contribution in [-0.4, -0.2) is 86.5 Å². The van der Waals surface area contributed by atoms with Crippen LogP contribution >= 0.6 is 34.3 Å². The van der Waals surface area contributed by atoms with Crippen molar-refractivity contribution >= 4 is 57.1 Å². The molecule has 0 saturated carbocycles. The average Bonchev–Trinajstić information content (AvgIpc) is 3.72. The molecule has 10 nitrogen and oxygen atoms in total. The van der Waals surface area contributed by atoms with Gasteiger partial charge in [-0.3, -0.25) is 24.7 Å². The van der Waals surface area contributed by atoms with Gasteiger partial charge in [0.2, 0.25) is 0 Å². The molecule has 2 atom stereocenters. The summed E-state index contributed by atoms with van der Waals surface area (Å²) in [7, 11) is 0. The monoisotopic (exact) mass is 615 g/mol. The number of aliphatic carboxylic acids is 1. The summed E-state index contributed by atoms with van der Waals surface area (Å²) in [5.41, 5.74) is 1.07. The molecule has 2 aliphatic rings. The van der Waals surface area contributed by atoms with E-state index in [0.29, 0.717) is 48.2 Å². The zero-order chi connectivity index (χ0) is 28.9. The van der Waals surface area contributed by atoms with Crippen LogP contribution in [0.1, 0.15) is 48.0 Å². The molecular weight excluding hydrogens is 582 g/mol. The van der Waals surface area contributed by atoms with Crippen molar-refractivity contribution in [1.29, 1.82) is 0 Å². The Balaban J connectivity index is 1.26. The summed E-state index contributed by atoms with van der Waals surface area (Å²) in [5.74, 6) is -0.515. The molecule has 5 rings (SSSR count). The number of carbonyl (C=O) groups is 2. The highest BCUT2D eigenvalue weighted by molar-refractivity contribution is 7.17. The van der Waals surface area contributed by atoms with Gasteiger partial charge in [-0.05, 0) is 31.9 Å². The smallest absolute Gasteiger partial charge is 0.304 e. The zero-order valence-electron chi connectivity index (χ0n) is 23.0. The Morgan fingerprint density at radius 1 is 1.24 bits per heavy atom. The lowest BCUT2D eigenvalue weighted by atomic mass is 10.1. The number of piperazine rings is 1. The van der Waals surface area contributed by atoms with Crippen molar-refractivity contribution in [2.24, 2.45) is 0 Å². The van der Waals surface area contributed by atoms with Crippen LogP contribution < -0.4 is 10.2 Å². The molecule has 0 bridgehead atoms. The second-order valence-corrected chi connectivity index (χ2v) is 12.7. The molecule has 3 aromatic rings. The first-order valence-electron chi connectivity index (χ1n) is 13.8. The van der Waals surface area contributed by atoms with Gasteiger partial charge in [-0.25, -0.2) is 15.0 Å². The number of halogens is 1. The molecule has 0 aromatic carbocycles. The number of carboxylic acid groups (broad SMARTS) is 1. The van der Waals surface area contributed by atoms with E-state index in [2.05, 4.69) is 43.5 Å². The van der Waals surface area contributed by atoms with Crippen LogP contribution in [0.3, 0.4) is 0 Å². The molecule has 218 valence electrons. The van der Waals surface area contributed by atoms with E-state index in [1.54, 1.807) is 17.5 Å². The minimum absolute atomic E-state index is 0.00700. The highest BCUT2D eigenvalue weighted by Gasteiger charge is 2.28. The number of thiophene rings is 1. The fourth-order valence-electron chi connectivity index (χ4n) is 5.45. The van der Waals surface area contributed by atoms with Gasteiger partial charge in [0.05, 0.1) is 34.4 Å². The van der Waals surface area contributed by atoms with Crippen LogP contribution in [0.15, 0.2) is 36.5 Å². The zero-order valence-corrected chi connectivity index (χ0v) is 25.4. The van der Waals surface area contributed by atoms with Crippen molar-refractivity contribution in [3.05, 3.63) is 52.1 Å². The van der Waals surface area contributed by atoms with Gasteiger partial charge < -0.3 is 10.0 Å². The number of aromatic nitrogens is 3. The predicted octanol–water partition coefficient (Wildman–Crippen LogP) is 5.09. The molecule has 1 amide bonds. The van der Waals surface area contributed by atoms with Crippen LogP contribution in [0.25, 0.3) is 10.6 Å². The number of nitrogens with one attached hydrogen (secondary N) is 1. The van der Waals surface area contributed by atoms with Gasteiger partial charge in [0.1, 0.15) is 11.5 Å². The topological polar surface area (TPSA) is 115 Å². The minimum Gasteiger partial charge on any atom is -0.481 e.